The van der Waals surface area contributed by atoms with E-state index in [-0.39, 0.29) is 6.04 Å². The topological polar surface area (TPSA) is 25.2 Å². The monoisotopic (exact) mass is 231 g/mol. The van der Waals surface area contributed by atoms with E-state index in [0.717, 1.165) is 17.8 Å². The predicted molar refractivity (Wildman–Crippen MR) is 72.2 cm³/mol. The van der Waals surface area contributed by atoms with Gasteiger partial charge in [-0.05, 0) is 43.1 Å². The van der Waals surface area contributed by atoms with Gasteiger partial charge in [-0.25, -0.2) is 0 Å². The van der Waals surface area contributed by atoms with Crippen molar-refractivity contribution in [2.24, 2.45) is 5.92 Å². The highest BCUT2D eigenvalue weighted by molar-refractivity contribution is 5.78. The first-order valence-corrected chi connectivity index (χ1v) is 6.35. The van der Waals surface area contributed by atoms with Gasteiger partial charge in [0.15, 0.2) is 0 Å². The lowest BCUT2D eigenvalue weighted by atomic mass is 10.0. The summed E-state index contributed by atoms with van der Waals surface area (Å²) in [5.74, 6) is 1.55. The van der Waals surface area contributed by atoms with Crippen LogP contribution in [-0.2, 0) is 6.42 Å². The summed E-state index contributed by atoms with van der Waals surface area (Å²) in [6, 6.07) is 8.88. The summed E-state index contributed by atoms with van der Waals surface area (Å²) >= 11 is 0. The molecule has 0 spiro atoms. The van der Waals surface area contributed by atoms with E-state index < -0.39 is 0 Å². The number of aryl methyl sites for hydroxylation is 1. The van der Waals surface area contributed by atoms with Crippen LogP contribution in [0.15, 0.2) is 28.7 Å². The highest BCUT2D eigenvalue weighted by Crippen LogP contribution is 2.28. The van der Waals surface area contributed by atoms with Crippen LogP contribution in [0, 0.1) is 5.92 Å². The van der Waals surface area contributed by atoms with Crippen LogP contribution in [0.5, 0.6) is 0 Å². The highest BCUT2D eigenvalue weighted by Gasteiger charge is 2.17. The Morgan fingerprint density at radius 3 is 2.59 bits per heavy atom. The SMILES string of the molecule is CCc1ccc2oc(C(NC)C(C)C)cc2c1. The molecule has 1 unspecified atom stereocenters. The van der Waals surface area contributed by atoms with Crippen molar-refractivity contribution >= 4 is 11.0 Å². The lowest BCUT2D eigenvalue weighted by molar-refractivity contribution is 0.371. The van der Waals surface area contributed by atoms with Crippen molar-refractivity contribution in [2.45, 2.75) is 33.2 Å². The molecule has 2 heteroatoms. The molecule has 0 aliphatic heterocycles. The summed E-state index contributed by atoms with van der Waals surface area (Å²) in [4.78, 5) is 0. The number of rotatable bonds is 4. The van der Waals surface area contributed by atoms with Crippen molar-refractivity contribution in [3.8, 4) is 0 Å². The minimum absolute atomic E-state index is 0.285. The molecule has 1 N–H and O–H groups in total. The molecule has 0 aliphatic carbocycles. The maximum atomic E-state index is 5.92. The fraction of sp³-hybridized carbons (Fsp3) is 0.467. The van der Waals surface area contributed by atoms with E-state index in [1.165, 1.54) is 10.9 Å². The Labute approximate surface area is 103 Å². The van der Waals surface area contributed by atoms with Crippen LogP contribution in [0.3, 0.4) is 0 Å². The summed E-state index contributed by atoms with van der Waals surface area (Å²) in [5.41, 5.74) is 2.34. The molecule has 0 fully saturated rings. The Balaban J connectivity index is 2.43. The molecule has 92 valence electrons. The predicted octanol–water partition coefficient (Wildman–Crippen LogP) is 3.91. The normalized spacial score (nSPS) is 13.5. The van der Waals surface area contributed by atoms with Crippen molar-refractivity contribution < 1.29 is 4.42 Å². The van der Waals surface area contributed by atoms with Crippen molar-refractivity contribution in [2.75, 3.05) is 7.05 Å². The van der Waals surface area contributed by atoms with E-state index in [0.29, 0.717) is 5.92 Å². The lowest BCUT2D eigenvalue weighted by Crippen LogP contribution is -2.20. The van der Waals surface area contributed by atoms with Crippen molar-refractivity contribution in [3.63, 3.8) is 0 Å². The quantitative estimate of drug-likeness (QED) is 0.863. The number of fused-ring (bicyclic) bond motifs is 1. The molecule has 0 aliphatic rings. The number of hydrogen-bond donors (Lipinski definition) is 1. The smallest absolute Gasteiger partial charge is 0.134 e. The molecule has 1 heterocycles. The van der Waals surface area contributed by atoms with E-state index in [1.807, 2.05) is 7.05 Å². The van der Waals surface area contributed by atoms with E-state index in [2.05, 4.69) is 50.4 Å². The summed E-state index contributed by atoms with van der Waals surface area (Å²) in [7, 11) is 1.98. The van der Waals surface area contributed by atoms with Gasteiger partial charge in [0.1, 0.15) is 11.3 Å². The standard InChI is InChI=1S/C15H21NO/c1-5-11-6-7-13-12(8-11)9-14(17-13)15(16-4)10(2)3/h6-10,15-16H,5H2,1-4H3. The molecule has 2 rings (SSSR count). The molecule has 0 radical (unpaired) electrons. The molecular weight excluding hydrogens is 210 g/mol. The lowest BCUT2D eigenvalue weighted by Gasteiger charge is -2.16. The average Bonchev–Trinajstić information content (AvgIpc) is 2.71. The molecule has 1 aromatic heterocycles. The molecule has 0 amide bonds. The van der Waals surface area contributed by atoms with Crippen molar-refractivity contribution in [1.29, 1.82) is 0 Å². The zero-order valence-corrected chi connectivity index (χ0v) is 11.1. The van der Waals surface area contributed by atoms with Crippen molar-refractivity contribution in [1.82, 2.24) is 5.32 Å². The number of furan rings is 1. The van der Waals surface area contributed by atoms with Gasteiger partial charge in [-0.15, -0.1) is 0 Å². The molecule has 0 bridgehead atoms. The molecule has 17 heavy (non-hydrogen) atoms. The van der Waals surface area contributed by atoms with E-state index >= 15 is 0 Å². The van der Waals surface area contributed by atoms with E-state index in [9.17, 15) is 0 Å². The third-order valence-electron chi connectivity index (χ3n) is 3.29. The van der Waals surface area contributed by atoms with Gasteiger partial charge in [-0.2, -0.15) is 0 Å². The van der Waals surface area contributed by atoms with E-state index in [4.69, 9.17) is 4.42 Å². The average molecular weight is 231 g/mol. The zero-order chi connectivity index (χ0) is 12.4. The molecule has 2 aromatic rings. The Kier molecular flexibility index (Phi) is 3.53. The van der Waals surface area contributed by atoms with Crippen LogP contribution in [0.2, 0.25) is 0 Å². The Morgan fingerprint density at radius 2 is 2.00 bits per heavy atom. The van der Waals surface area contributed by atoms with Crippen LogP contribution in [0.4, 0.5) is 0 Å². The third kappa shape index (κ3) is 2.37. The third-order valence-corrected chi connectivity index (χ3v) is 3.29. The summed E-state index contributed by atoms with van der Waals surface area (Å²) in [5, 5.41) is 4.52. The molecular formula is C15H21NO. The summed E-state index contributed by atoms with van der Waals surface area (Å²) in [6.07, 6.45) is 1.07. The minimum atomic E-state index is 0.285. The first kappa shape index (κ1) is 12.2. The maximum Gasteiger partial charge on any atom is 0.134 e. The fourth-order valence-electron chi connectivity index (χ4n) is 2.29. The van der Waals surface area contributed by atoms with Crippen LogP contribution in [0.25, 0.3) is 11.0 Å². The van der Waals surface area contributed by atoms with Crippen LogP contribution in [0.1, 0.15) is 38.1 Å². The van der Waals surface area contributed by atoms with E-state index in [1.54, 1.807) is 0 Å². The van der Waals surface area contributed by atoms with Gasteiger partial charge in [-0.1, -0.05) is 26.8 Å². The van der Waals surface area contributed by atoms with Gasteiger partial charge in [0.05, 0.1) is 6.04 Å². The van der Waals surface area contributed by atoms with Crippen LogP contribution in [-0.4, -0.2) is 7.05 Å². The Morgan fingerprint density at radius 1 is 1.24 bits per heavy atom. The zero-order valence-electron chi connectivity index (χ0n) is 11.1. The first-order valence-electron chi connectivity index (χ1n) is 6.35. The van der Waals surface area contributed by atoms with Gasteiger partial charge in [-0.3, -0.25) is 0 Å². The van der Waals surface area contributed by atoms with Crippen molar-refractivity contribution in [3.05, 3.63) is 35.6 Å². The largest absolute Gasteiger partial charge is 0.459 e. The van der Waals surface area contributed by atoms with Gasteiger partial charge in [0.2, 0.25) is 0 Å². The van der Waals surface area contributed by atoms with Gasteiger partial charge in [0, 0.05) is 5.39 Å². The number of benzene rings is 1. The Bertz CT molecular complexity index is 499. The second-order valence-corrected chi connectivity index (χ2v) is 4.88. The van der Waals surface area contributed by atoms with Crippen LogP contribution >= 0.6 is 0 Å². The molecule has 1 atom stereocenters. The summed E-state index contributed by atoms with van der Waals surface area (Å²) < 4.78 is 5.92. The molecule has 0 saturated heterocycles. The second kappa shape index (κ2) is 4.92. The van der Waals surface area contributed by atoms with Gasteiger partial charge in [0.25, 0.3) is 0 Å². The number of hydrogen-bond acceptors (Lipinski definition) is 2. The fourth-order valence-corrected chi connectivity index (χ4v) is 2.29. The van der Waals surface area contributed by atoms with Gasteiger partial charge >= 0.3 is 0 Å². The second-order valence-electron chi connectivity index (χ2n) is 4.88. The Hall–Kier alpha value is -1.28. The first-order chi connectivity index (χ1) is 8.15. The van der Waals surface area contributed by atoms with Crippen LogP contribution < -0.4 is 5.32 Å². The number of nitrogens with one attached hydrogen (secondary N) is 1. The van der Waals surface area contributed by atoms with Gasteiger partial charge < -0.3 is 9.73 Å². The highest BCUT2D eigenvalue weighted by atomic mass is 16.3. The molecule has 0 saturated carbocycles. The molecule has 2 nitrogen and oxygen atoms in total. The maximum absolute atomic E-state index is 5.92. The molecule has 1 aromatic carbocycles. The summed E-state index contributed by atoms with van der Waals surface area (Å²) in [6.45, 7) is 6.57. The minimum Gasteiger partial charge on any atom is -0.459 e.